The lowest BCUT2D eigenvalue weighted by Gasteiger charge is -2.23. The Hall–Kier alpha value is -3.14. The summed E-state index contributed by atoms with van der Waals surface area (Å²) in [5.74, 6) is -1.50. The fraction of sp³-hybridized carbons (Fsp3) is 0.545. The molecule has 32 heavy (non-hydrogen) atoms. The molecule has 0 aliphatic rings. The van der Waals surface area contributed by atoms with Gasteiger partial charge >= 0.3 is 5.97 Å². The Kier molecular flexibility index (Phi) is 12.4. The molecule has 10 nitrogen and oxygen atoms in total. The zero-order chi connectivity index (χ0) is 23.9. The minimum absolute atomic E-state index is 0.0955. The molecule has 3 amide bonds. The molecule has 6 N–H and O–H groups in total. The number of nitrogens with two attached hydrogens (primary N) is 1. The summed E-state index contributed by atoms with van der Waals surface area (Å²) in [4.78, 5) is 48.4. The van der Waals surface area contributed by atoms with Crippen LogP contribution in [0.1, 0.15) is 44.6 Å². The van der Waals surface area contributed by atoms with Crippen LogP contribution in [-0.4, -0.2) is 61.1 Å². The van der Waals surface area contributed by atoms with Crippen molar-refractivity contribution in [3.8, 4) is 5.75 Å². The fourth-order valence-corrected chi connectivity index (χ4v) is 3.03. The Morgan fingerprint density at radius 3 is 2.28 bits per heavy atom. The molecule has 0 radical (unpaired) electrons. The molecule has 0 spiro atoms. The van der Waals surface area contributed by atoms with Crippen LogP contribution in [0.25, 0.3) is 0 Å². The van der Waals surface area contributed by atoms with Crippen molar-refractivity contribution in [2.75, 3.05) is 20.2 Å². The van der Waals surface area contributed by atoms with Crippen LogP contribution in [0.15, 0.2) is 24.3 Å². The van der Waals surface area contributed by atoms with Crippen LogP contribution >= 0.6 is 0 Å². The van der Waals surface area contributed by atoms with Crippen LogP contribution in [-0.2, 0) is 30.3 Å². The molecule has 0 bridgehead atoms. The smallest absolute Gasteiger partial charge is 0.305 e. The van der Waals surface area contributed by atoms with E-state index in [9.17, 15) is 24.3 Å². The molecule has 10 heteroatoms. The van der Waals surface area contributed by atoms with Crippen LogP contribution < -0.4 is 21.7 Å². The quantitative estimate of drug-likeness (QED) is 0.199. The minimum Gasteiger partial charge on any atom is -0.508 e. The van der Waals surface area contributed by atoms with Crippen LogP contribution in [0.2, 0.25) is 0 Å². The van der Waals surface area contributed by atoms with Gasteiger partial charge in [0.1, 0.15) is 17.8 Å². The fourth-order valence-electron chi connectivity index (χ4n) is 3.03. The molecule has 0 aliphatic carbocycles. The van der Waals surface area contributed by atoms with Crippen molar-refractivity contribution in [1.82, 2.24) is 16.0 Å². The number of methoxy groups -OCH3 is 1. The van der Waals surface area contributed by atoms with Crippen LogP contribution in [0.3, 0.4) is 0 Å². The third-order valence-corrected chi connectivity index (χ3v) is 4.73. The van der Waals surface area contributed by atoms with Gasteiger partial charge in [-0.05, 0) is 49.9 Å². The predicted molar refractivity (Wildman–Crippen MR) is 119 cm³/mol. The molecule has 0 fully saturated rings. The monoisotopic (exact) mass is 450 g/mol. The largest absolute Gasteiger partial charge is 0.508 e. The summed E-state index contributed by atoms with van der Waals surface area (Å²) in [6.07, 6.45) is 2.51. The first kappa shape index (κ1) is 26.9. The number of carbonyl (C=O) groups is 4. The number of amides is 3. The zero-order valence-electron chi connectivity index (χ0n) is 18.7. The number of rotatable bonds is 14. The molecule has 0 aromatic heterocycles. The number of unbranched alkanes of at least 4 members (excludes halogenated alkanes) is 1. The molecule has 0 heterocycles. The van der Waals surface area contributed by atoms with Gasteiger partial charge in [-0.15, -0.1) is 0 Å². The number of phenolic OH excluding ortho intramolecular Hbond substituents is 1. The van der Waals surface area contributed by atoms with Crippen molar-refractivity contribution >= 4 is 23.7 Å². The van der Waals surface area contributed by atoms with Gasteiger partial charge in [0.15, 0.2) is 0 Å². The molecule has 1 aromatic rings. The standard InChI is InChI=1S/C22H34N4O6/c1-15(27)25-19(14-16-8-10-17(28)11-9-16)22(31)26-18(6-3-4-12-23)21(30)24-13-5-7-20(29)32-2/h8-11,18-19,28H,3-7,12-14,23H2,1-2H3,(H,24,30)(H,25,27)(H,26,31)/t18-,19-/m0/s1. The number of hydrogen-bond donors (Lipinski definition) is 5. The molecule has 0 aliphatic heterocycles. The van der Waals surface area contributed by atoms with E-state index in [-0.39, 0.29) is 42.9 Å². The second-order valence-corrected chi connectivity index (χ2v) is 7.44. The normalized spacial score (nSPS) is 12.3. The maximum atomic E-state index is 12.9. The SMILES string of the molecule is COC(=O)CCCNC(=O)[C@H](CCCCN)NC(=O)[C@H](Cc1ccc(O)cc1)NC(C)=O. The molecule has 0 saturated carbocycles. The van der Waals surface area contributed by atoms with E-state index < -0.39 is 18.0 Å². The Balaban J connectivity index is 2.79. The van der Waals surface area contributed by atoms with Gasteiger partial charge in [-0.3, -0.25) is 19.2 Å². The Morgan fingerprint density at radius 1 is 1.00 bits per heavy atom. The highest BCUT2D eigenvalue weighted by molar-refractivity contribution is 5.92. The van der Waals surface area contributed by atoms with Crippen molar-refractivity contribution in [2.45, 2.75) is 57.5 Å². The average molecular weight is 451 g/mol. The lowest BCUT2D eigenvalue weighted by Crippen LogP contribution is -2.54. The summed E-state index contributed by atoms with van der Waals surface area (Å²) in [5.41, 5.74) is 6.27. The van der Waals surface area contributed by atoms with Crippen molar-refractivity contribution in [1.29, 1.82) is 0 Å². The van der Waals surface area contributed by atoms with Crippen molar-refractivity contribution in [3.05, 3.63) is 29.8 Å². The molecule has 178 valence electrons. The summed E-state index contributed by atoms with van der Waals surface area (Å²) in [7, 11) is 1.30. The van der Waals surface area contributed by atoms with E-state index in [0.29, 0.717) is 32.2 Å². The van der Waals surface area contributed by atoms with Gasteiger partial charge in [-0.1, -0.05) is 12.1 Å². The number of benzene rings is 1. The third-order valence-electron chi connectivity index (χ3n) is 4.73. The first-order valence-corrected chi connectivity index (χ1v) is 10.7. The number of phenols is 1. The van der Waals surface area contributed by atoms with E-state index in [1.54, 1.807) is 12.1 Å². The molecule has 0 unspecified atom stereocenters. The van der Waals surface area contributed by atoms with E-state index in [4.69, 9.17) is 5.73 Å². The summed E-state index contributed by atoms with van der Waals surface area (Å²) in [6, 6.07) is 4.61. The van der Waals surface area contributed by atoms with Crippen LogP contribution in [0, 0.1) is 0 Å². The van der Waals surface area contributed by atoms with Crippen molar-refractivity contribution in [2.24, 2.45) is 5.73 Å². The highest BCUT2D eigenvalue weighted by Crippen LogP contribution is 2.12. The number of hydrogen-bond acceptors (Lipinski definition) is 7. The lowest BCUT2D eigenvalue weighted by atomic mass is 10.0. The van der Waals surface area contributed by atoms with Gasteiger partial charge < -0.3 is 31.5 Å². The van der Waals surface area contributed by atoms with Gasteiger partial charge in [0.2, 0.25) is 17.7 Å². The van der Waals surface area contributed by atoms with Gasteiger partial charge in [0.25, 0.3) is 0 Å². The van der Waals surface area contributed by atoms with E-state index in [2.05, 4.69) is 20.7 Å². The van der Waals surface area contributed by atoms with Crippen molar-refractivity contribution < 1.29 is 29.0 Å². The molecular weight excluding hydrogens is 416 g/mol. The first-order chi connectivity index (χ1) is 15.3. The Labute approximate surface area is 188 Å². The van der Waals surface area contributed by atoms with Gasteiger partial charge in [0, 0.05) is 26.3 Å². The van der Waals surface area contributed by atoms with Gasteiger partial charge in [-0.25, -0.2) is 0 Å². The predicted octanol–water partition coefficient (Wildman–Crippen LogP) is 0.123. The summed E-state index contributed by atoms with van der Waals surface area (Å²) in [6.45, 7) is 2.04. The minimum atomic E-state index is -0.888. The number of carbonyl (C=O) groups excluding carboxylic acids is 4. The van der Waals surface area contributed by atoms with Gasteiger partial charge in [0.05, 0.1) is 7.11 Å². The summed E-state index contributed by atoms with van der Waals surface area (Å²) in [5, 5.41) is 17.5. The van der Waals surface area contributed by atoms with Crippen molar-refractivity contribution in [3.63, 3.8) is 0 Å². The van der Waals surface area contributed by atoms with Gasteiger partial charge in [-0.2, -0.15) is 0 Å². The number of ether oxygens (including phenoxy) is 1. The molecule has 1 aromatic carbocycles. The Morgan fingerprint density at radius 2 is 1.69 bits per heavy atom. The molecular formula is C22H34N4O6. The molecule has 1 rings (SSSR count). The maximum absolute atomic E-state index is 12.9. The zero-order valence-corrected chi connectivity index (χ0v) is 18.7. The number of aromatic hydroxyl groups is 1. The Bertz CT molecular complexity index is 753. The van der Waals surface area contributed by atoms with E-state index in [0.717, 1.165) is 5.56 Å². The molecule has 2 atom stereocenters. The lowest BCUT2D eigenvalue weighted by molar-refractivity contribution is -0.140. The second-order valence-electron chi connectivity index (χ2n) is 7.44. The van der Waals surface area contributed by atoms with E-state index in [1.165, 1.54) is 26.2 Å². The average Bonchev–Trinajstić information content (AvgIpc) is 2.76. The van der Waals surface area contributed by atoms with E-state index >= 15 is 0 Å². The highest BCUT2D eigenvalue weighted by Gasteiger charge is 2.26. The highest BCUT2D eigenvalue weighted by atomic mass is 16.5. The first-order valence-electron chi connectivity index (χ1n) is 10.7. The third kappa shape index (κ3) is 10.8. The number of nitrogens with one attached hydrogen (secondary N) is 3. The maximum Gasteiger partial charge on any atom is 0.305 e. The molecule has 0 saturated heterocycles. The number of esters is 1. The van der Waals surface area contributed by atoms with E-state index in [1.807, 2.05) is 0 Å². The van der Waals surface area contributed by atoms with Crippen LogP contribution in [0.5, 0.6) is 5.75 Å². The second kappa shape index (κ2) is 14.8. The van der Waals surface area contributed by atoms with Crippen LogP contribution in [0.4, 0.5) is 0 Å². The topological polar surface area (TPSA) is 160 Å². The summed E-state index contributed by atoms with van der Waals surface area (Å²) < 4.78 is 4.57. The summed E-state index contributed by atoms with van der Waals surface area (Å²) >= 11 is 0.